The molecule has 17 nitrogen and oxygen atoms in total. The van der Waals surface area contributed by atoms with Gasteiger partial charge in [-0.1, -0.05) is 263 Å². The van der Waals surface area contributed by atoms with Crippen LogP contribution < -0.4 is 0 Å². The zero-order chi connectivity index (χ0) is 76.0. The molecule has 0 spiro atoms. The van der Waals surface area contributed by atoms with E-state index in [4.69, 9.17) is 37.0 Å². The molecule has 0 aromatic heterocycles. The first-order chi connectivity index (χ1) is 50.7. The molecule has 3 N–H and O–H groups in total. The van der Waals surface area contributed by atoms with Crippen molar-refractivity contribution < 1.29 is 80.2 Å². The van der Waals surface area contributed by atoms with E-state index < -0.39 is 97.5 Å². The Labute approximate surface area is 629 Å². The largest absolute Gasteiger partial charge is 0.472 e. The third-order valence-electron chi connectivity index (χ3n) is 15.9. The number of carbonyl (C=O) groups excluding carboxylic acids is 4. The number of hydrogen-bond acceptors (Lipinski definition) is 15. The van der Waals surface area contributed by atoms with Crippen LogP contribution in [-0.4, -0.2) is 96.7 Å². The van der Waals surface area contributed by atoms with Crippen molar-refractivity contribution >= 4 is 39.5 Å². The lowest BCUT2D eigenvalue weighted by Crippen LogP contribution is -2.30. The molecule has 0 fully saturated rings. The number of carbonyl (C=O) groups is 4. The van der Waals surface area contributed by atoms with E-state index in [1.165, 1.54) is 19.3 Å². The van der Waals surface area contributed by atoms with Gasteiger partial charge in [0.1, 0.15) is 19.3 Å². The summed E-state index contributed by atoms with van der Waals surface area (Å²) < 4.78 is 68.5. The van der Waals surface area contributed by atoms with E-state index in [1.807, 2.05) is 0 Å². The molecule has 19 heteroatoms. The minimum atomic E-state index is -5.00. The predicted molar refractivity (Wildman–Crippen MR) is 427 cm³/mol. The molecule has 592 valence electrons. The van der Waals surface area contributed by atoms with Gasteiger partial charge in [-0.05, 0) is 167 Å². The monoisotopic (exact) mass is 1490 g/mol. The highest BCUT2D eigenvalue weighted by Gasteiger charge is 2.30. The lowest BCUT2D eigenvalue weighted by molar-refractivity contribution is -0.161. The van der Waals surface area contributed by atoms with Gasteiger partial charge in [0.05, 0.1) is 26.4 Å². The normalized spacial score (nSPS) is 14.7. The lowest BCUT2D eigenvalue weighted by atomic mass is 10.1. The second-order valence-corrected chi connectivity index (χ2v) is 28.8. The topological polar surface area (TPSA) is 237 Å². The number of aliphatic hydroxyl groups is 1. The Morgan fingerprint density at radius 1 is 0.279 bits per heavy atom. The number of phosphoric acid groups is 2. The summed E-state index contributed by atoms with van der Waals surface area (Å²) in [6.45, 7) is 4.45. The molecular weight excluding hydrogens is 1350 g/mol. The predicted octanol–water partition coefficient (Wildman–Crippen LogP) is 23.2. The van der Waals surface area contributed by atoms with Crippen LogP contribution in [0.25, 0.3) is 0 Å². The zero-order valence-corrected chi connectivity index (χ0v) is 66.4. The molecule has 104 heavy (non-hydrogen) atoms. The van der Waals surface area contributed by atoms with Crippen LogP contribution in [-0.2, 0) is 65.4 Å². The maximum absolute atomic E-state index is 13.1. The molecule has 0 radical (unpaired) electrons. The molecule has 0 aromatic rings. The molecule has 0 saturated carbocycles. The summed E-state index contributed by atoms with van der Waals surface area (Å²) in [4.78, 5) is 73.0. The van der Waals surface area contributed by atoms with E-state index in [0.29, 0.717) is 25.7 Å². The first-order valence-electron chi connectivity index (χ1n) is 39.7. The Balaban J connectivity index is 5.45. The third-order valence-corrected chi connectivity index (χ3v) is 17.8. The minimum Gasteiger partial charge on any atom is -0.462 e. The van der Waals surface area contributed by atoms with Crippen LogP contribution in [0.15, 0.2) is 158 Å². The maximum atomic E-state index is 13.1. The van der Waals surface area contributed by atoms with Crippen LogP contribution in [0.3, 0.4) is 0 Å². The van der Waals surface area contributed by atoms with E-state index in [0.717, 1.165) is 199 Å². The molecule has 5 atom stereocenters. The molecule has 0 rings (SSSR count). The first-order valence-corrected chi connectivity index (χ1v) is 42.7. The van der Waals surface area contributed by atoms with Crippen LogP contribution in [0.2, 0.25) is 0 Å². The summed E-state index contributed by atoms with van der Waals surface area (Å²) in [5, 5.41) is 10.6. The van der Waals surface area contributed by atoms with Crippen LogP contribution in [0.5, 0.6) is 0 Å². The number of ether oxygens (including phenoxy) is 4. The number of phosphoric ester groups is 2. The van der Waals surface area contributed by atoms with E-state index >= 15 is 0 Å². The second kappa shape index (κ2) is 75.9. The molecule has 0 aromatic carbocycles. The van der Waals surface area contributed by atoms with Gasteiger partial charge in [-0.3, -0.25) is 37.3 Å². The van der Waals surface area contributed by atoms with Gasteiger partial charge in [0, 0.05) is 25.7 Å². The van der Waals surface area contributed by atoms with Gasteiger partial charge in [0.15, 0.2) is 12.2 Å². The number of hydrogen-bond donors (Lipinski definition) is 3. The molecule has 0 bridgehead atoms. The van der Waals surface area contributed by atoms with E-state index in [1.54, 1.807) is 0 Å². The molecule has 0 aliphatic carbocycles. The van der Waals surface area contributed by atoms with E-state index in [2.05, 4.69) is 186 Å². The molecule has 0 saturated heterocycles. The van der Waals surface area contributed by atoms with Gasteiger partial charge >= 0.3 is 39.5 Å². The second-order valence-electron chi connectivity index (χ2n) is 25.9. The Kier molecular flexibility index (Phi) is 72.0. The van der Waals surface area contributed by atoms with Crippen molar-refractivity contribution in [3.05, 3.63) is 158 Å². The Morgan fingerprint density at radius 3 is 0.817 bits per heavy atom. The van der Waals surface area contributed by atoms with Crippen LogP contribution in [0, 0.1) is 0 Å². The summed E-state index contributed by atoms with van der Waals surface area (Å²) in [5.41, 5.74) is 0. The van der Waals surface area contributed by atoms with Gasteiger partial charge in [-0.15, -0.1) is 0 Å². The smallest absolute Gasteiger partial charge is 0.462 e. The van der Waals surface area contributed by atoms with Gasteiger partial charge < -0.3 is 33.8 Å². The van der Waals surface area contributed by atoms with Crippen LogP contribution >= 0.6 is 15.6 Å². The highest BCUT2D eigenvalue weighted by Crippen LogP contribution is 2.45. The average molecular weight is 1500 g/mol. The number of unbranched alkanes of at least 4 members (excludes halogenated alkanes) is 21. The SMILES string of the molecule is CC/C=C\C/C=C\C/C=C\C/C=C\C/C=C\CCCCCC(=O)OCC(COP(=O)(O)OCC(O)COP(=O)(O)OCC(COC(=O)CCCCCCC/C=C\C/C=C\CCCCC)OC(=O)CCCCCCC/C=C\C/C=C\CCC)OC(=O)CCCCCC/C=C\C/C=C\C/C=C\C/C=C\CC. The zero-order valence-electron chi connectivity index (χ0n) is 64.6. The summed E-state index contributed by atoms with van der Waals surface area (Å²) in [6, 6.07) is 0. The lowest BCUT2D eigenvalue weighted by Gasteiger charge is -2.21. The minimum absolute atomic E-state index is 0.0532. The Hall–Kier alpha value is -5.32. The van der Waals surface area contributed by atoms with Crippen LogP contribution in [0.1, 0.15) is 297 Å². The van der Waals surface area contributed by atoms with Crippen molar-refractivity contribution in [3.8, 4) is 0 Å². The summed E-state index contributed by atoms with van der Waals surface area (Å²) in [7, 11) is -9.99. The fourth-order valence-corrected chi connectivity index (χ4v) is 11.5. The third kappa shape index (κ3) is 74.9. The van der Waals surface area contributed by atoms with Crippen molar-refractivity contribution in [2.45, 2.75) is 316 Å². The highest BCUT2D eigenvalue weighted by atomic mass is 31.2. The molecule has 0 aliphatic heterocycles. The fourth-order valence-electron chi connectivity index (χ4n) is 9.95. The summed E-state index contributed by atoms with van der Waals surface area (Å²) in [6.07, 6.45) is 87.9. The quantitative estimate of drug-likeness (QED) is 0.0169. The van der Waals surface area contributed by atoms with Gasteiger partial charge in [-0.2, -0.15) is 0 Å². The molecule has 0 heterocycles. The van der Waals surface area contributed by atoms with Gasteiger partial charge in [0.2, 0.25) is 0 Å². The van der Waals surface area contributed by atoms with Crippen LogP contribution in [0.4, 0.5) is 0 Å². The molecule has 5 unspecified atom stereocenters. The first kappa shape index (κ1) is 98.7. The molecule has 0 amide bonds. The Bertz CT molecular complexity index is 2590. The van der Waals surface area contributed by atoms with Gasteiger partial charge in [-0.25, -0.2) is 9.13 Å². The standard InChI is InChI=1S/C85H140O17P2/c1-5-9-13-17-21-25-29-33-36-38-39-41-43-47-50-54-58-62-66-70-83(88)96-76-81(102-85(90)72-68-64-60-56-52-48-44-40-37-34-30-26-22-18-14-10-6-2)78-100-104(93,94)98-74-79(86)73-97-103(91,92)99-77-80(101-84(89)71-67-63-59-55-51-45-32-28-24-20-16-12-8-4)75-95-82(87)69-65-61-57-53-49-46-42-35-31-27-23-19-15-11-7-3/h9-10,13-14,16,20-23,25-28,32-37,39,41-42,44,47-48,50,79-81,86H,5-8,11-12,15,17-19,24,29-31,38,40,43,45-46,49,51-78H2,1-4H3,(H,91,92)(H,93,94)/b13-9-,14-10-,20-16-,25-21-,26-22-,27-23-,32-28-,36-33-,37-34-,41-39-,42-35-,48-44-,50-47-. The highest BCUT2D eigenvalue weighted by molar-refractivity contribution is 7.47. The molecule has 0 aliphatic rings. The summed E-state index contributed by atoms with van der Waals surface area (Å²) >= 11 is 0. The summed E-state index contributed by atoms with van der Waals surface area (Å²) in [5.74, 6) is -2.28. The number of rotatable bonds is 73. The average Bonchev–Trinajstić information content (AvgIpc) is 0.911. The van der Waals surface area contributed by atoms with Crippen molar-refractivity contribution in [2.24, 2.45) is 0 Å². The number of allylic oxidation sites excluding steroid dienone is 26. The maximum Gasteiger partial charge on any atom is 0.472 e. The van der Waals surface area contributed by atoms with E-state index in [-0.39, 0.29) is 25.7 Å². The van der Waals surface area contributed by atoms with Crippen molar-refractivity contribution in [3.63, 3.8) is 0 Å². The van der Waals surface area contributed by atoms with Crippen molar-refractivity contribution in [1.29, 1.82) is 0 Å². The van der Waals surface area contributed by atoms with E-state index in [9.17, 15) is 43.2 Å². The van der Waals surface area contributed by atoms with Gasteiger partial charge in [0.25, 0.3) is 0 Å². The number of esters is 4. The van der Waals surface area contributed by atoms with Crippen molar-refractivity contribution in [1.82, 2.24) is 0 Å². The molecular formula is C85H140O17P2. The number of aliphatic hydroxyl groups excluding tert-OH is 1. The Morgan fingerprint density at radius 2 is 0.519 bits per heavy atom. The fraction of sp³-hybridized carbons (Fsp3) is 0.647. The van der Waals surface area contributed by atoms with Crippen molar-refractivity contribution in [2.75, 3.05) is 39.6 Å².